The van der Waals surface area contributed by atoms with Gasteiger partial charge in [0.05, 0.1) is 20.0 Å². The Hall–Kier alpha value is -3.46. The Morgan fingerprint density at radius 1 is 1.12 bits per heavy atom. The topological polar surface area (TPSA) is 97.0 Å². The number of rotatable bonds is 7. The highest BCUT2D eigenvalue weighted by Gasteiger charge is 2.34. The number of methoxy groups -OCH3 is 1. The van der Waals surface area contributed by atoms with Crippen LogP contribution in [0, 0.1) is 0 Å². The van der Waals surface area contributed by atoms with Gasteiger partial charge in [-0.05, 0) is 35.5 Å². The van der Waals surface area contributed by atoms with Crippen LogP contribution < -0.4 is 15.4 Å². The molecule has 1 aliphatic rings. The second-order valence-electron chi connectivity index (χ2n) is 7.23. The molecule has 2 aromatic carbocycles. The first-order valence-corrected chi connectivity index (χ1v) is 10.6. The van der Waals surface area contributed by atoms with E-state index in [1.54, 1.807) is 36.3 Å². The van der Waals surface area contributed by atoms with Gasteiger partial charge in [-0.2, -0.15) is 0 Å². The number of carbonyl (C=O) groups excluding carboxylic acids is 3. The average molecular weight is 456 g/mol. The zero-order chi connectivity index (χ0) is 22.9. The van der Waals surface area contributed by atoms with Gasteiger partial charge >= 0.3 is 5.97 Å². The first-order valence-electron chi connectivity index (χ1n) is 10.2. The molecular weight excluding hydrogens is 430 g/mol. The molecule has 0 bridgehead atoms. The van der Waals surface area contributed by atoms with E-state index in [0.29, 0.717) is 18.8 Å². The van der Waals surface area contributed by atoms with Crippen molar-refractivity contribution >= 4 is 35.1 Å². The third-order valence-electron chi connectivity index (χ3n) is 4.96. The van der Waals surface area contributed by atoms with Gasteiger partial charge in [-0.25, -0.2) is 0 Å². The van der Waals surface area contributed by atoms with E-state index in [4.69, 9.17) is 21.7 Å². The van der Waals surface area contributed by atoms with Crippen molar-refractivity contribution in [2.45, 2.75) is 25.5 Å². The van der Waals surface area contributed by atoms with Crippen molar-refractivity contribution in [1.29, 1.82) is 0 Å². The largest absolute Gasteiger partial charge is 0.497 e. The number of carbonyl (C=O) groups is 3. The van der Waals surface area contributed by atoms with E-state index in [-0.39, 0.29) is 36.4 Å². The van der Waals surface area contributed by atoms with E-state index in [9.17, 15) is 14.4 Å². The van der Waals surface area contributed by atoms with E-state index in [2.05, 4.69) is 10.6 Å². The standard InChI is InChI=1S/C23H25N3O5S/c1-30-18-9-7-16(8-10-18)13-20(27)25-23(32)26-12-11-24-22(29)19(26)14-21(28)31-15-17-5-3-2-4-6-17/h2-10,19H,11-15H2,1H3,(H,24,29)(H,25,27,32). The molecule has 2 aromatic rings. The minimum atomic E-state index is -0.846. The van der Waals surface area contributed by atoms with Crippen LogP contribution in [0.3, 0.4) is 0 Å². The fourth-order valence-corrected chi connectivity index (χ4v) is 3.61. The summed E-state index contributed by atoms with van der Waals surface area (Å²) in [5.74, 6) is -0.463. The fraction of sp³-hybridized carbons (Fsp3) is 0.304. The highest BCUT2D eigenvalue weighted by molar-refractivity contribution is 7.80. The molecule has 8 nitrogen and oxygen atoms in total. The quantitative estimate of drug-likeness (QED) is 0.483. The zero-order valence-electron chi connectivity index (χ0n) is 17.7. The Morgan fingerprint density at radius 3 is 2.53 bits per heavy atom. The van der Waals surface area contributed by atoms with Crippen LogP contribution >= 0.6 is 12.2 Å². The van der Waals surface area contributed by atoms with Gasteiger partial charge in [0.25, 0.3) is 0 Å². The molecule has 3 rings (SSSR count). The maximum atomic E-state index is 12.4. The molecule has 0 aliphatic carbocycles. The van der Waals surface area contributed by atoms with Gasteiger partial charge in [0.15, 0.2) is 5.11 Å². The molecule has 1 fully saturated rings. The summed E-state index contributed by atoms with van der Waals surface area (Å²) in [5.41, 5.74) is 1.65. The second-order valence-corrected chi connectivity index (χ2v) is 7.62. The van der Waals surface area contributed by atoms with Crippen LogP contribution in [-0.2, 0) is 32.1 Å². The van der Waals surface area contributed by atoms with Crippen molar-refractivity contribution in [2.75, 3.05) is 20.2 Å². The van der Waals surface area contributed by atoms with Crippen molar-refractivity contribution in [3.05, 3.63) is 65.7 Å². The molecule has 9 heteroatoms. The molecule has 1 saturated heterocycles. The van der Waals surface area contributed by atoms with Crippen LogP contribution in [0.15, 0.2) is 54.6 Å². The first kappa shape index (κ1) is 23.2. The van der Waals surface area contributed by atoms with Crippen LogP contribution in [0.1, 0.15) is 17.5 Å². The van der Waals surface area contributed by atoms with Gasteiger partial charge in [-0.15, -0.1) is 0 Å². The molecule has 2 amide bonds. The lowest BCUT2D eigenvalue weighted by molar-refractivity contribution is -0.148. The molecule has 0 saturated carbocycles. The number of nitrogens with one attached hydrogen (secondary N) is 2. The van der Waals surface area contributed by atoms with Crippen LogP contribution in [0.4, 0.5) is 0 Å². The van der Waals surface area contributed by atoms with E-state index in [0.717, 1.165) is 11.1 Å². The summed E-state index contributed by atoms with van der Waals surface area (Å²) in [6.45, 7) is 0.865. The number of benzene rings is 2. The zero-order valence-corrected chi connectivity index (χ0v) is 18.5. The Labute approximate surface area is 191 Å². The predicted molar refractivity (Wildman–Crippen MR) is 122 cm³/mol. The van der Waals surface area contributed by atoms with Crippen molar-refractivity contribution in [1.82, 2.24) is 15.5 Å². The summed E-state index contributed by atoms with van der Waals surface area (Å²) >= 11 is 5.37. The van der Waals surface area contributed by atoms with Crippen LogP contribution in [0.25, 0.3) is 0 Å². The van der Waals surface area contributed by atoms with Gasteiger partial charge < -0.3 is 25.0 Å². The second kappa shape index (κ2) is 11.2. The molecule has 1 atom stereocenters. The van der Waals surface area contributed by atoms with Gasteiger partial charge in [0.1, 0.15) is 18.4 Å². The Kier molecular flexibility index (Phi) is 8.15. The third-order valence-corrected chi connectivity index (χ3v) is 5.30. The van der Waals surface area contributed by atoms with Crippen LogP contribution in [-0.4, -0.2) is 54.0 Å². The summed E-state index contributed by atoms with van der Waals surface area (Å²) in [5, 5.41) is 5.50. The van der Waals surface area contributed by atoms with Gasteiger partial charge in [0.2, 0.25) is 11.8 Å². The van der Waals surface area contributed by atoms with E-state index in [1.807, 2.05) is 30.3 Å². The lowest BCUT2D eigenvalue weighted by Crippen LogP contribution is -2.60. The molecule has 0 spiro atoms. The minimum absolute atomic E-state index is 0.110. The number of thiocarbonyl (C=S) groups is 1. The monoisotopic (exact) mass is 455 g/mol. The predicted octanol–water partition coefficient (Wildman–Crippen LogP) is 1.57. The molecule has 0 aromatic heterocycles. The molecule has 1 unspecified atom stereocenters. The molecule has 2 N–H and O–H groups in total. The minimum Gasteiger partial charge on any atom is -0.497 e. The van der Waals surface area contributed by atoms with Crippen molar-refractivity contribution in [3.8, 4) is 5.75 Å². The van der Waals surface area contributed by atoms with Crippen molar-refractivity contribution in [3.63, 3.8) is 0 Å². The maximum Gasteiger partial charge on any atom is 0.308 e. The number of ether oxygens (including phenoxy) is 2. The lowest BCUT2D eigenvalue weighted by Gasteiger charge is -2.36. The summed E-state index contributed by atoms with van der Waals surface area (Å²) in [7, 11) is 1.57. The smallest absolute Gasteiger partial charge is 0.308 e. The highest BCUT2D eigenvalue weighted by Crippen LogP contribution is 2.13. The molecule has 0 radical (unpaired) electrons. The SMILES string of the molecule is COc1ccc(CC(=O)NC(=S)N2CCNC(=O)C2CC(=O)OCc2ccccc2)cc1. The summed E-state index contributed by atoms with van der Waals surface area (Å²) in [6.07, 6.45) is -0.0545. The average Bonchev–Trinajstić information content (AvgIpc) is 2.80. The van der Waals surface area contributed by atoms with E-state index in [1.165, 1.54) is 0 Å². The molecule has 1 aliphatic heterocycles. The van der Waals surface area contributed by atoms with Gasteiger partial charge in [-0.1, -0.05) is 42.5 Å². The molecule has 32 heavy (non-hydrogen) atoms. The Morgan fingerprint density at radius 2 is 1.84 bits per heavy atom. The van der Waals surface area contributed by atoms with Crippen molar-refractivity contribution < 1.29 is 23.9 Å². The fourth-order valence-electron chi connectivity index (χ4n) is 3.28. The van der Waals surface area contributed by atoms with Crippen LogP contribution in [0.5, 0.6) is 5.75 Å². The number of esters is 1. The molecule has 168 valence electrons. The molecular formula is C23H25N3O5S. The lowest BCUT2D eigenvalue weighted by atomic mass is 10.1. The summed E-state index contributed by atoms with van der Waals surface area (Å²) < 4.78 is 10.4. The summed E-state index contributed by atoms with van der Waals surface area (Å²) in [4.78, 5) is 38.8. The summed E-state index contributed by atoms with van der Waals surface area (Å²) in [6, 6.07) is 15.6. The Balaban J connectivity index is 1.55. The third kappa shape index (κ3) is 6.52. The maximum absolute atomic E-state index is 12.4. The van der Waals surface area contributed by atoms with Gasteiger partial charge in [-0.3, -0.25) is 14.4 Å². The highest BCUT2D eigenvalue weighted by atomic mass is 32.1. The Bertz CT molecular complexity index is 965. The van der Waals surface area contributed by atoms with Gasteiger partial charge in [0, 0.05) is 13.1 Å². The van der Waals surface area contributed by atoms with Crippen LogP contribution in [0.2, 0.25) is 0 Å². The van der Waals surface area contributed by atoms with Crippen molar-refractivity contribution in [2.24, 2.45) is 0 Å². The number of nitrogens with zero attached hydrogens (tertiary/aromatic N) is 1. The number of amides is 2. The molecule has 1 heterocycles. The normalized spacial score (nSPS) is 15.5. The van der Waals surface area contributed by atoms with E-state index >= 15 is 0 Å². The number of hydrogen-bond donors (Lipinski definition) is 2. The number of piperazine rings is 1. The van der Waals surface area contributed by atoms with E-state index < -0.39 is 12.0 Å². The first-order chi connectivity index (χ1) is 15.5. The number of hydrogen-bond acceptors (Lipinski definition) is 6.